The van der Waals surface area contributed by atoms with Gasteiger partial charge in [-0.25, -0.2) is 0 Å². The minimum absolute atomic E-state index is 0.288. The molecule has 0 bridgehead atoms. The molecule has 0 aliphatic rings. The molecule has 24 heavy (non-hydrogen) atoms. The fourth-order valence-electron chi connectivity index (χ4n) is 1.97. The number of carbonyl (C=O) groups excluding carboxylic acids is 1. The van der Waals surface area contributed by atoms with Crippen LogP contribution in [0.25, 0.3) is 0 Å². The van der Waals surface area contributed by atoms with Crippen molar-refractivity contribution in [2.24, 2.45) is 0 Å². The smallest absolute Gasteiger partial charge is 0.258 e. The molecule has 0 unspecified atom stereocenters. The van der Waals surface area contributed by atoms with Crippen LogP contribution in [0.5, 0.6) is 0 Å². The summed E-state index contributed by atoms with van der Waals surface area (Å²) in [4.78, 5) is 15.9. The Balaban J connectivity index is 1.67. The number of benzene rings is 1. The lowest BCUT2D eigenvalue weighted by molar-refractivity contribution is 0.102. The molecule has 3 aromatic rings. The van der Waals surface area contributed by atoms with E-state index in [2.05, 4.69) is 25.8 Å². The summed E-state index contributed by atoms with van der Waals surface area (Å²) in [5.74, 6) is 0.620. The number of amides is 1. The first-order valence-electron chi connectivity index (χ1n) is 7.20. The van der Waals surface area contributed by atoms with E-state index in [0.29, 0.717) is 22.2 Å². The van der Waals surface area contributed by atoms with Crippen molar-refractivity contribution < 1.29 is 4.79 Å². The zero-order chi connectivity index (χ0) is 16.9. The van der Waals surface area contributed by atoms with Crippen LogP contribution in [0.4, 0.5) is 17.3 Å². The van der Waals surface area contributed by atoms with Crippen LogP contribution in [0.2, 0.25) is 5.02 Å². The molecule has 2 aromatic heterocycles. The van der Waals surface area contributed by atoms with Gasteiger partial charge in [0.2, 0.25) is 0 Å². The van der Waals surface area contributed by atoms with Crippen molar-refractivity contribution in [3.8, 4) is 0 Å². The van der Waals surface area contributed by atoms with Crippen LogP contribution in [0.15, 0.2) is 54.9 Å². The number of rotatable bonds is 4. The SMILES string of the molecule is Cc1ccc(Nc2ccc(NC(=O)c3cccnc3)nn2)cc1Cl. The van der Waals surface area contributed by atoms with Crippen LogP contribution in [-0.2, 0) is 0 Å². The molecule has 7 heteroatoms. The van der Waals surface area contributed by atoms with Crippen LogP contribution in [0, 0.1) is 6.92 Å². The molecule has 0 radical (unpaired) electrons. The number of nitrogens with zero attached hydrogens (tertiary/aromatic N) is 3. The predicted octanol–water partition coefficient (Wildman–Crippen LogP) is 3.83. The molecule has 0 saturated carbocycles. The number of pyridine rings is 1. The third kappa shape index (κ3) is 3.85. The standard InChI is InChI=1S/C17H14ClN5O/c1-11-4-5-13(9-14(11)18)20-15-6-7-16(23-22-15)21-17(24)12-3-2-8-19-10-12/h2-10H,1H3,(H,20,22)(H,21,23,24). The van der Waals surface area contributed by atoms with Crippen LogP contribution in [0.1, 0.15) is 15.9 Å². The van der Waals surface area contributed by atoms with Gasteiger partial charge in [0.15, 0.2) is 11.6 Å². The fourth-order valence-corrected chi connectivity index (χ4v) is 2.15. The van der Waals surface area contributed by atoms with E-state index in [1.807, 2.05) is 25.1 Å². The van der Waals surface area contributed by atoms with E-state index >= 15 is 0 Å². The Bertz CT molecular complexity index is 853. The van der Waals surface area contributed by atoms with E-state index in [9.17, 15) is 4.79 Å². The van der Waals surface area contributed by atoms with Crippen LogP contribution in [0.3, 0.4) is 0 Å². The molecule has 6 nitrogen and oxygen atoms in total. The second kappa shape index (κ2) is 7.06. The van der Waals surface area contributed by atoms with E-state index in [1.54, 1.807) is 30.5 Å². The Labute approximate surface area is 143 Å². The summed E-state index contributed by atoms with van der Waals surface area (Å²) in [5.41, 5.74) is 2.27. The van der Waals surface area contributed by atoms with Crippen LogP contribution >= 0.6 is 11.6 Å². The summed E-state index contributed by atoms with van der Waals surface area (Å²) in [7, 11) is 0. The number of halogens is 1. The number of aryl methyl sites for hydroxylation is 1. The fraction of sp³-hybridized carbons (Fsp3) is 0.0588. The average Bonchev–Trinajstić information content (AvgIpc) is 2.61. The minimum atomic E-state index is -0.288. The van der Waals surface area contributed by atoms with Gasteiger partial charge in [0.25, 0.3) is 5.91 Å². The third-order valence-corrected chi connectivity index (χ3v) is 3.68. The number of hydrogen-bond donors (Lipinski definition) is 2. The van der Waals surface area contributed by atoms with Crippen molar-refractivity contribution >= 4 is 34.8 Å². The lowest BCUT2D eigenvalue weighted by Gasteiger charge is -2.08. The monoisotopic (exact) mass is 339 g/mol. The van der Waals surface area contributed by atoms with Gasteiger partial charge in [-0.3, -0.25) is 9.78 Å². The number of nitrogens with one attached hydrogen (secondary N) is 2. The van der Waals surface area contributed by atoms with E-state index in [0.717, 1.165) is 11.3 Å². The van der Waals surface area contributed by atoms with Crippen molar-refractivity contribution in [2.75, 3.05) is 10.6 Å². The van der Waals surface area contributed by atoms with Crippen molar-refractivity contribution in [1.29, 1.82) is 0 Å². The summed E-state index contributed by atoms with van der Waals surface area (Å²) in [6.07, 6.45) is 3.09. The van der Waals surface area contributed by atoms with Gasteiger partial charge in [-0.15, -0.1) is 10.2 Å². The number of carbonyl (C=O) groups is 1. The van der Waals surface area contributed by atoms with Gasteiger partial charge in [0.1, 0.15) is 0 Å². The lowest BCUT2D eigenvalue weighted by atomic mass is 10.2. The second-order valence-corrected chi connectivity index (χ2v) is 5.50. The van der Waals surface area contributed by atoms with E-state index < -0.39 is 0 Å². The van der Waals surface area contributed by atoms with Gasteiger partial charge in [-0.05, 0) is 48.9 Å². The second-order valence-electron chi connectivity index (χ2n) is 5.09. The molecule has 0 fully saturated rings. The molecule has 3 rings (SSSR count). The zero-order valence-corrected chi connectivity index (χ0v) is 13.6. The molecular weight excluding hydrogens is 326 g/mol. The average molecular weight is 340 g/mol. The maximum Gasteiger partial charge on any atom is 0.258 e. The molecule has 1 aromatic carbocycles. The van der Waals surface area contributed by atoms with Gasteiger partial charge in [0.05, 0.1) is 5.56 Å². The van der Waals surface area contributed by atoms with E-state index in [-0.39, 0.29) is 5.91 Å². The molecular formula is C17H14ClN5O. The quantitative estimate of drug-likeness (QED) is 0.755. The Kier molecular flexibility index (Phi) is 4.67. The molecule has 1 amide bonds. The van der Waals surface area contributed by atoms with Gasteiger partial charge in [-0.1, -0.05) is 17.7 Å². The van der Waals surface area contributed by atoms with Gasteiger partial charge >= 0.3 is 0 Å². The molecule has 2 N–H and O–H groups in total. The Morgan fingerprint density at radius 3 is 2.54 bits per heavy atom. The van der Waals surface area contributed by atoms with Gasteiger partial charge in [-0.2, -0.15) is 0 Å². The normalized spacial score (nSPS) is 10.2. The first kappa shape index (κ1) is 15.9. The summed E-state index contributed by atoms with van der Waals surface area (Å²) in [6.45, 7) is 1.94. The van der Waals surface area contributed by atoms with Gasteiger partial charge in [0, 0.05) is 23.1 Å². The number of anilines is 3. The molecule has 120 valence electrons. The Morgan fingerprint density at radius 2 is 1.88 bits per heavy atom. The van der Waals surface area contributed by atoms with E-state index in [1.165, 1.54) is 6.20 Å². The summed E-state index contributed by atoms with van der Waals surface area (Å²) in [5, 5.41) is 14.5. The molecule has 0 aliphatic heterocycles. The van der Waals surface area contributed by atoms with E-state index in [4.69, 9.17) is 11.6 Å². The highest BCUT2D eigenvalue weighted by Gasteiger charge is 2.07. The number of hydrogen-bond acceptors (Lipinski definition) is 5. The number of aromatic nitrogens is 3. The largest absolute Gasteiger partial charge is 0.339 e. The molecule has 2 heterocycles. The summed E-state index contributed by atoms with van der Waals surface area (Å²) in [6, 6.07) is 12.4. The first-order valence-corrected chi connectivity index (χ1v) is 7.58. The Morgan fingerprint density at radius 1 is 1.08 bits per heavy atom. The highest BCUT2D eigenvalue weighted by atomic mass is 35.5. The maximum atomic E-state index is 12.0. The molecule has 0 saturated heterocycles. The third-order valence-electron chi connectivity index (χ3n) is 3.27. The highest BCUT2D eigenvalue weighted by Crippen LogP contribution is 2.22. The molecule has 0 spiro atoms. The zero-order valence-electron chi connectivity index (χ0n) is 12.8. The summed E-state index contributed by atoms with van der Waals surface area (Å²) < 4.78 is 0. The molecule has 0 atom stereocenters. The van der Waals surface area contributed by atoms with Crippen LogP contribution in [-0.4, -0.2) is 21.1 Å². The first-order chi connectivity index (χ1) is 11.6. The van der Waals surface area contributed by atoms with Crippen molar-refractivity contribution in [3.05, 3.63) is 71.0 Å². The summed E-state index contributed by atoms with van der Waals surface area (Å²) >= 11 is 6.09. The Hall–Kier alpha value is -2.99. The van der Waals surface area contributed by atoms with Gasteiger partial charge < -0.3 is 10.6 Å². The molecule has 0 aliphatic carbocycles. The van der Waals surface area contributed by atoms with Crippen molar-refractivity contribution in [2.45, 2.75) is 6.92 Å². The lowest BCUT2D eigenvalue weighted by Crippen LogP contribution is -2.13. The predicted molar refractivity (Wildman–Crippen MR) is 93.7 cm³/mol. The van der Waals surface area contributed by atoms with Crippen molar-refractivity contribution in [1.82, 2.24) is 15.2 Å². The topological polar surface area (TPSA) is 79.8 Å². The van der Waals surface area contributed by atoms with Crippen molar-refractivity contribution in [3.63, 3.8) is 0 Å². The van der Waals surface area contributed by atoms with Crippen LogP contribution < -0.4 is 10.6 Å². The maximum absolute atomic E-state index is 12.0. The minimum Gasteiger partial charge on any atom is -0.339 e. The highest BCUT2D eigenvalue weighted by molar-refractivity contribution is 6.31.